The molecule has 1 aromatic carbocycles. The monoisotopic (exact) mass is 298 g/mol. The van der Waals surface area contributed by atoms with Gasteiger partial charge in [-0.05, 0) is 45.4 Å². The molecule has 20 heavy (non-hydrogen) atoms. The molecule has 4 nitrogen and oxygen atoms in total. The Hall–Kier alpha value is -1.26. The van der Waals surface area contributed by atoms with E-state index in [2.05, 4.69) is 10.6 Å². The van der Waals surface area contributed by atoms with Crippen LogP contribution in [0.15, 0.2) is 24.3 Å². The van der Waals surface area contributed by atoms with Crippen molar-refractivity contribution in [1.82, 2.24) is 10.6 Å². The minimum Gasteiger partial charge on any atom is -0.444 e. The van der Waals surface area contributed by atoms with Gasteiger partial charge in [-0.15, -0.1) is 0 Å². The second-order valence-electron chi connectivity index (χ2n) is 5.55. The van der Waals surface area contributed by atoms with Gasteiger partial charge < -0.3 is 15.4 Å². The lowest BCUT2D eigenvalue weighted by molar-refractivity contribution is 0.0527. The van der Waals surface area contributed by atoms with Crippen LogP contribution in [0.25, 0.3) is 0 Å². The molecule has 2 N–H and O–H groups in total. The minimum absolute atomic E-state index is 0.372. The number of ether oxygens (including phenoxy) is 1. The molecule has 0 saturated heterocycles. The highest BCUT2D eigenvalue weighted by Crippen LogP contribution is 2.14. The summed E-state index contributed by atoms with van der Waals surface area (Å²) in [6.07, 6.45) is 0.465. The Kier molecular flexibility index (Phi) is 6.82. The average Bonchev–Trinajstić information content (AvgIpc) is 2.33. The Bertz CT molecular complexity index is 430. The Balaban J connectivity index is 2.08. The second-order valence-corrected chi connectivity index (χ2v) is 5.96. The molecule has 0 unspecified atom stereocenters. The summed E-state index contributed by atoms with van der Waals surface area (Å²) < 4.78 is 5.14. The summed E-state index contributed by atoms with van der Waals surface area (Å²) in [4.78, 5) is 11.4. The molecule has 5 heteroatoms. The first kappa shape index (κ1) is 16.8. The zero-order valence-corrected chi connectivity index (χ0v) is 13.1. The van der Waals surface area contributed by atoms with E-state index in [1.54, 1.807) is 0 Å². The molecular formula is C15H23ClN2O2. The zero-order valence-electron chi connectivity index (χ0n) is 12.3. The van der Waals surface area contributed by atoms with Gasteiger partial charge >= 0.3 is 6.09 Å². The molecule has 1 aromatic rings. The van der Waals surface area contributed by atoms with Crippen LogP contribution in [0.2, 0.25) is 5.02 Å². The van der Waals surface area contributed by atoms with E-state index in [4.69, 9.17) is 16.3 Å². The standard InChI is InChI=1S/C15H23ClN2O2/c1-15(2,3)20-14(19)18-10-6-9-17-11-12-7-4-5-8-13(12)16/h4-5,7-8,17H,6,9-11H2,1-3H3,(H,18,19). The fourth-order valence-electron chi connectivity index (χ4n) is 1.58. The number of hydrogen-bond acceptors (Lipinski definition) is 3. The molecule has 1 rings (SSSR count). The van der Waals surface area contributed by atoms with Crippen LogP contribution in [0.4, 0.5) is 4.79 Å². The largest absolute Gasteiger partial charge is 0.444 e. The lowest BCUT2D eigenvalue weighted by Gasteiger charge is -2.19. The first-order valence-corrected chi connectivity index (χ1v) is 7.17. The third-order valence-corrected chi connectivity index (χ3v) is 2.84. The number of rotatable bonds is 6. The van der Waals surface area contributed by atoms with E-state index in [0.29, 0.717) is 6.54 Å². The van der Waals surface area contributed by atoms with Crippen LogP contribution in [0.3, 0.4) is 0 Å². The van der Waals surface area contributed by atoms with Crippen molar-refractivity contribution in [3.63, 3.8) is 0 Å². The molecule has 112 valence electrons. The van der Waals surface area contributed by atoms with Gasteiger partial charge in [-0.25, -0.2) is 4.79 Å². The van der Waals surface area contributed by atoms with E-state index in [1.165, 1.54) is 0 Å². The van der Waals surface area contributed by atoms with E-state index in [0.717, 1.165) is 30.1 Å². The molecule has 0 aliphatic heterocycles. The van der Waals surface area contributed by atoms with Crippen LogP contribution in [0.1, 0.15) is 32.8 Å². The smallest absolute Gasteiger partial charge is 0.407 e. The van der Waals surface area contributed by atoms with Gasteiger partial charge in [-0.1, -0.05) is 29.8 Å². The number of benzene rings is 1. The van der Waals surface area contributed by atoms with E-state index < -0.39 is 5.60 Å². The van der Waals surface area contributed by atoms with Gasteiger partial charge in [0.05, 0.1) is 0 Å². The molecule has 0 radical (unpaired) electrons. The molecule has 0 saturated carbocycles. The van der Waals surface area contributed by atoms with E-state index in [9.17, 15) is 4.79 Å². The maximum Gasteiger partial charge on any atom is 0.407 e. The van der Waals surface area contributed by atoms with Gasteiger partial charge in [-0.2, -0.15) is 0 Å². The molecular weight excluding hydrogens is 276 g/mol. The van der Waals surface area contributed by atoms with Crippen molar-refractivity contribution in [3.8, 4) is 0 Å². The number of carbonyl (C=O) groups is 1. The molecule has 0 aliphatic rings. The van der Waals surface area contributed by atoms with Crippen molar-refractivity contribution < 1.29 is 9.53 Å². The molecule has 0 fully saturated rings. The fraction of sp³-hybridized carbons (Fsp3) is 0.533. The van der Waals surface area contributed by atoms with Crippen LogP contribution < -0.4 is 10.6 Å². The van der Waals surface area contributed by atoms with Crippen LogP contribution >= 0.6 is 11.6 Å². The highest BCUT2D eigenvalue weighted by Gasteiger charge is 2.15. The highest BCUT2D eigenvalue weighted by molar-refractivity contribution is 6.31. The van der Waals surface area contributed by atoms with E-state index >= 15 is 0 Å². The van der Waals surface area contributed by atoms with Crippen LogP contribution in [-0.2, 0) is 11.3 Å². The maximum absolute atomic E-state index is 11.4. The number of carbonyl (C=O) groups excluding carboxylic acids is 1. The van der Waals surface area contributed by atoms with Crippen molar-refractivity contribution in [2.75, 3.05) is 13.1 Å². The van der Waals surface area contributed by atoms with Crippen molar-refractivity contribution in [3.05, 3.63) is 34.9 Å². The van der Waals surface area contributed by atoms with Gasteiger partial charge in [0, 0.05) is 18.1 Å². The Labute approximate surface area is 125 Å². The molecule has 0 atom stereocenters. The molecule has 1 amide bonds. The van der Waals surface area contributed by atoms with Crippen molar-refractivity contribution in [2.24, 2.45) is 0 Å². The minimum atomic E-state index is -0.452. The predicted octanol–water partition coefficient (Wildman–Crippen LogP) is 3.34. The third kappa shape index (κ3) is 7.36. The summed E-state index contributed by atoms with van der Waals surface area (Å²) in [5.74, 6) is 0. The second kappa shape index (κ2) is 8.12. The van der Waals surface area contributed by atoms with E-state index in [1.807, 2.05) is 45.0 Å². The maximum atomic E-state index is 11.4. The van der Waals surface area contributed by atoms with Gasteiger partial charge in [-0.3, -0.25) is 0 Å². The molecule has 0 aliphatic carbocycles. The summed E-state index contributed by atoms with van der Waals surface area (Å²) in [6.45, 7) is 7.66. The summed E-state index contributed by atoms with van der Waals surface area (Å²) in [5, 5.41) is 6.78. The Morgan fingerprint density at radius 1 is 1.25 bits per heavy atom. The number of alkyl carbamates (subject to hydrolysis) is 1. The molecule has 0 spiro atoms. The normalized spacial score (nSPS) is 11.2. The summed E-state index contributed by atoms with van der Waals surface area (Å²) in [5.41, 5.74) is 0.626. The first-order chi connectivity index (χ1) is 9.38. The summed E-state index contributed by atoms with van der Waals surface area (Å²) >= 11 is 6.05. The highest BCUT2D eigenvalue weighted by atomic mass is 35.5. The van der Waals surface area contributed by atoms with Crippen LogP contribution in [0, 0.1) is 0 Å². The molecule has 0 heterocycles. The first-order valence-electron chi connectivity index (χ1n) is 6.79. The van der Waals surface area contributed by atoms with Gasteiger partial charge in [0.15, 0.2) is 0 Å². The quantitative estimate of drug-likeness (QED) is 0.792. The van der Waals surface area contributed by atoms with Crippen molar-refractivity contribution in [2.45, 2.75) is 39.3 Å². The van der Waals surface area contributed by atoms with E-state index in [-0.39, 0.29) is 6.09 Å². The van der Waals surface area contributed by atoms with Crippen molar-refractivity contribution >= 4 is 17.7 Å². The number of amides is 1. The lowest BCUT2D eigenvalue weighted by atomic mass is 10.2. The van der Waals surface area contributed by atoms with Crippen LogP contribution in [0.5, 0.6) is 0 Å². The van der Waals surface area contributed by atoms with Crippen molar-refractivity contribution in [1.29, 1.82) is 0 Å². The topological polar surface area (TPSA) is 50.4 Å². The van der Waals surface area contributed by atoms with Crippen LogP contribution in [-0.4, -0.2) is 24.8 Å². The molecule has 0 bridgehead atoms. The third-order valence-electron chi connectivity index (χ3n) is 2.47. The molecule has 0 aromatic heterocycles. The lowest BCUT2D eigenvalue weighted by Crippen LogP contribution is -2.33. The number of hydrogen-bond donors (Lipinski definition) is 2. The van der Waals surface area contributed by atoms with Gasteiger partial charge in [0.25, 0.3) is 0 Å². The summed E-state index contributed by atoms with van der Waals surface area (Å²) in [7, 11) is 0. The zero-order chi connectivity index (χ0) is 15.0. The number of halogens is 1. The van der Waals surface area contributed by atoms with Gasteiger partial charge in [0.1, 0.15) is 5.60 Å². The summed E-state index contributed by atoms with van der Waals surface area (Å²) in [6, 6.07) is 7.75. The average molecular weight is 299 g/mol. The Morgan fingerprint density at radius 2 is 1.95 bits per heavy atom. The predicted molar refractivity (Wildman–Crippen MR) is 82.0 cm³/mol. The van der Waals surface area contributed by atoms with Gasteiger partial charge in [0.2, 0.25) is 0 Å². The fourth-order valence-corrected chi connectivity index (χ4v) is 1.79. The Morgan fingerprint density at radius 3 is 2.60 bits per heavy atom. The number of nitrogens with one attached hydrogen (secondary N) is 2. The SMILES string of the molecule is CC(C)(C)OC(=O)NCCCNCc1ccccc1Cl.